The second-order valence-corrected chi connectivity index (χ2v) is 4.97. The molecule has 0 amide bonds. The molecule has 0 saturated carbocycles. The van der Waals surface area contributed by atoms with Gasteiger partial charge in [-0.25, -0.2) is 0 Å². The molecule has 0 heterocycles. The number of Topliss-reactive ketones (excluding diaryl/α,β-unsaturated/α-hetero) is 1. The Labute approximate surface area is 112 Å². The van der Waals surface area contributed by atoms with E-state index >= 15 is 0 Å². The Balaban J connectivity index is 2.19. The number of ketones is 1. The standard InChI is InChI=1S/C16H15ClO/c1-11-6-7-14(8-12(11)2)16(18)10-13-4-3-5-15(17)9-13/h3-9H,10H2,1-2H3. The third kappa shape index (κ3) is 2.99. The molecule has 0 saturated heterocycles. The van der Waals surface area contributed by atoms with Crippen LogP contribution in [-0.4, -0.2) is 5.78 Å². The van der Waals surface area contributed by atoms with Crippen LogP contribution in [0.4, 0.5) is 0 Å². The topological polar surface area (TPSA) is 17.1 Å². The van der Waals surface area contributed by atoms with Gasteiger partial charge in [0.15, 0.2) is 5.78 Å². The molecule has 2 aromatic rings. The van der Waals surface area contributed by atoms with E-state index in [-0.39, 0.29) is 5.78 Å². The second kappa shape index (κ2) is 5.36. The molecule has 2 heteroatoms. The Hall–Kier alpha value is -1.60. The third-order valence-corrected chi connectivity index (χ3v) is 3.32. The number of carbonyl (C=O) groups is 1. The van der Waals surface area contributed by atoms with Gasteiger partial charge in [-0.3, -0.25) is 4.79 Å². The van der Waals surface area contributed by atoms with Crippen molar-refractivity contribution >= 4 is 17.4 Å². The van der Waals surface area contributed by atoms with E-state index in [2.05, 4.69) is 0 Å². The second-order valence-electron chi connectivity index (χ2n) is 4.53. The van der Waals surface area contributed by atoms with Crippen LogP contribution in [0.25, 0.3) is 0 Å². The molecule has 0 atom stereocenters. The Morgan fingerprint density at radius 1 is 1.06 bits per heavy atom. The Morgan fingerprint density at radius 2 is 1.83 bits per heavy atom. The summed E-state index contributed by atoms with van der Waals surface area (Å²) in [5, 5.41) is 0.667. The van der Waals surface area contributed by atoms with Crippen molar-refractivity contribution in [3.8, 4) is 0 Å². The molecule has 0 bridgehead atoms. The van der Waals surface area contributed by atoms with Crippen molar-refractivity contribution in [2.75, 3.05) is 0 Å². The van der Waals surface area contributed by atoms with E-state index in [0.717, 1.165) is 16.7 Å². The first-order valence-electron chi connectivity index (χ1n) is 5.91. The van der Waals surface area contributed by atoms with Crippen LogP contribution in [0.3, 0.4) is 0 Å². The third-order valence-electron chi connectivity index (χ3n) is 3.08. The first kappa shape index (κ1) is 12.8. The molecule has 18 heavy (non-hydrogen) atoms. The molecule has 92 valence electrons. The summed E-state index contributed by atoms with van der Waals surface area (Å²) in [6.45, 7) is 4.06. The average molecular weight is 259 g/mol. The minimum atomic E-state index is 0.125. The maximum Gasteiger partial charge on any atom is 0.167 e. The van der Waals surface area contributed by atoms with Gasteiger partial charge in [-0.1, -0.05) is 35.9 Å². The molecule has 0 N–H and O–H groups in total. The number of halogens is 1. The van der Waals surface area contributed by atoms with E-state index in [9.17, 15) is 4.79 Å². The zero-order chi connectivity index (χ0) is 13.1. The molecular formula is C16H15ClO. The van der Waals surface area contributed by atoms with Crippen molar-refractivity contribution in [3.05, 3.63) is 69.7 Å². The van der Waals surface area contributed by atoms with E-state index in [4.69, 9.17) is 11.6 Å². The lowest BCUT2D eigenvalue weighted by atomic mass is 9.99. The summed E-state index contributed by atoms with van der Waals surface area (Å²) >= 11 is 5.91. The fourth-order valence-corrected chi connectivity index (χ4v) is 2.06. The molecule has 0 fully saturated rings. The molecule has 0 aliphatic rings. The molecule has 0 aliphatic heterocycles. The number of carbonyl (C=O) groups excluding carboxylic acids is 1. The summed E-state index contributed by atoms with van der Waals surface area (Å²) in [5.41, 5.74) is 4.06. The van der Waals surface area contributed by atoms with E-state index in [1.807, 2.05) is 56.3 Å². The molecule has 0 aromatic heterocycles. The van der Waals surface area contributed by atoms with Crippen LogP contribution < -0.4 is 0 Å². The number of benzene rings is 2. The van der Waals surface area contributed by atoms with Crippen molar-refractivity contribution in [1.82, 2.24) is 0 Å². The van der Waals surface area contributed by atoms with Gasteiger partial charge in [-0.05, 0) is 48.7 Å². The molecular weight excluding hydrogens is 244 g/mol. The largest absolute Gasteiger partial charge is 0.294 e. The molecule has 2 rings (SSSR count). The Bertz CT molecular complexity index is 587. The number of aryl methyl sites for hydroxylation is 2. The lowest BCUT2D eigenvalue weighted by Gasteiger charge is -2.05. The molecule has 2 aromatic carbocycles. The van der Waals surface area contributed by atoms with Gasteiger partial charge in [0, 0.05) is 17.0 Å². The van der Waals surface area contributed by atoms with Crippen molar-refractivity contribution in [2.24, 2.45) is 0 Å². The van der Waals surface area contributed by atoms with Crippen molar-refractivity contribution in [2.45, 2.75) is 20.3 Å². The Morgan fingerprint density at radius 3 is 2.50 bits per heavy atom. The predicted molar refractivity (Wildman–Crippen MR) is 75.4 cm³/mol. The van der Waals surface area contributed by atoms with Crippen molar-refractivity contribution < 1.29 is 4.79 Å². The van der Waals surface area contributed by atoms with Gasteiger partial charge in [0.25, 0.3) is 0 Å². The van der Waals surface area contributed by atoms with E-state index < -0.39 is 0 Å². The minimum Gasteiger partial charge on any atom is -0.294 e. The quantitative estimate of drug-likeness (QED) is 0.747. The lowest BCUT2D eigenvalue weighted by Crippen LogP contribution is -2.04. The molecule has 1 nitrogen and oxygen atoms in total. The van der Waals surface area contributed by atoms with Gasteiger partial charge in [0.05, 0.1) is 0 Å². The summed E-state index contributed by atoms with van der Waals surface area (Å²) in [6, 6.07) is 13.3. The predicted octanol–water partition coefficient (Wildman–Crippen LogP) is 4.38. The first-order chi connectivity index (χ1) is 8.56. The van der Waals surface area contributed by atoms with Crippen LogP contribution >= 0.6 is 11.6 Å². The van der Waals surface area contributed by atoms with Crippen LogP contribution in [0, 0.1) is 13.8 Å². The highest BCUT2D eigenvalue weighted by molar-refractivity contribution is 6.30. The van der Waals surface area contributed by atoms with Gasteiger partial charge in [-0.15, -0.1) is 0 Å². The fraction of sp³-hybridized carbons (Fsp3) is 0.188. The van der Waals surface area contributed by atoms with Crippen LogP contribution in [0.15, 0.2) is 42.5 Å². The van der Waals surface area contributed by atoms with Crippen molar-refractivity contribution in [3.63, 3.8) is 0 Å². The lowest BCUT2D eigenvalue weighted by molar-refractivity contribution is 0.0993. The Kier molecular flexibility index (Phi) is 3.83. The van der Waals surface area contributed by atoms with Crippen LogP contribution in [-0.2, 0) is 6.42 Å². The van der Waals surface area contributed by atoms with Gasteiger partial charge in [-0.2, -0.15) is 0 Å². The fourth-order valence-electron chi connectivity index (χ4n) is 1.85. The zero-order valence-electron chi connectivity index (χ0n) is 10.5. The molecule has 0 spiro atoms. The maximum atomic E-state index is 12.1. The highest BCUT2D eigenvalue weighted by Gasteiger charge is 2.08. The highest BCUT2D eigenvalue weighted by Crippen LogP contribution is 2.15. The number of hydrogen-bond acceptors (Lipinski definition) is 1. The van der Waals surface area contributed by atoms with Gasteiger partial charge in [0.1, 0.15) is 0 Å². The highest BCUT2D eigenvalue weighted by atomic mass is 35.5. The van der Waals surface area contributed by atoms with Gasteiger partial charge in [0.2, 0.25) is 0 Å². The average Bonchev–Trinajstić information content (AvgIpc) is 2.32. The smallest absolute Gasteiger partial charge is 0.167 e. The number of hydrogen-bond donors (Lipinski definition) is 0. The van der Waals surface area contributed by atoms with E-state index in [1.165, 1.54) is 5.56 Å². The van der Waals surface area contributed by atoms with Crippen LogP contribution in [0.1, 0.15) is 27.0 Å². The molecule has 0 unspecified atom stereocenters. The maximum absolute atomic E-state index is 12.1. The van der Waals surface area contributed by atoms with Gasteiger partial charge < -0.3 is 0 Å². The minimum absolute atomic E-state index is 0.125. The normalized spacial score (nSPS) is 10.4. The zero-order valence-corrected chi connectivity index (χ0v) is 11.3. The van der Waals surface area contributed by atoms with E-state index in [1.54, 1.807) is 0 Å². The first-order valence-corrected chi connectivity index (χ1v) is 6.29. The van der Waals surface area contributed by atoms with Gasteiger partial charge >= 0.3 is 0 Å². The summed E-state index contributed by atoms with van der Waals surface area (Å²) in [5.74, 6) is 0.125. The van der Waals surface area contributed by atoms with Crippen LogP contribution in [0.5, 0.6) is 0 Å². The monoisotopic (exact) mass is 258 g/mol. The summed E-state index contributed by atoms with van der Waals surface area (Å²) in [7, 11) is 0. The van der Waals surface area contributed by atoms with E-state index in [0.29, 0.717) is 11.4 Å². The summed E-state index contributed by atoms with van der Waals surface area (Å²) in [4.78, 5) is 12.1. The SMILES string of the molecule is Cc1ccc(C(=O)Cc2cccc(Cl)c2)cc1C. The molecule has 0 radical (unpaired) electrons. The molecule has 0 aliphatic carbocycles. The van der Waals surface area contributed by atoms with Crippen LogP contribution in [0.2, 0.25) is 5.02 Å². The summed E-state index contributed by atoms with van der Waals surface area (Å²) < 4.78 is 0. The van der Waals surface area contributed by atoms with Crippen molar-refractivity contribution in [1.29, 1.82) is 0 Å². The number of rotatable bonds is 3. The summed E-state index contributed by atoms with van der Waals surface area (Å²) in [6.07, 6.45) is 0.392.